The molecule has 1 aromatic rings. The van der Waals surface area contributed by atoms with Crippen molar-refractivity contribution in [1.29, 1.82) is 0 Å². The summed E-state index contributed by atoms with van der Waals surface area (Å²) in [5.41, 5.74) is 3.20. The van der Waals surface area contributed by atoms with Crippen LogP contribution in [0.3, 0.4) is 0 Å². The van der Waals surface area contributed by atoms with Crippen molar-refractivity contribution in [3.8, 4) is 5.75 Å². The lowest BCUT2D eigenvalue weighted by atomic mass is 9.82. The molecule has 0 fully saturated rings. The van der Waals surface area contributed by atoms with Crippen LogP contribution >= 0.6 is 7.60 Å². The molecule has 0 bridgehead atoms. The molecule has 0 unspecified atom stereocenters. The molecule has 1 aromatic carbocycles. The summed E-state index contributed by atoms with van der Waals surface area (Å²) in [4.78, 5) is 0. The minimum Gasteiger partial charge on any atom is -0.552 e. The van der Waals surface area contributed by atoms with Gasteiger partial charge in [-0.15, -0.1) is 0 Å². The zero-order valence-electron chi connectivity index (χ0n) is 15.1. The van der Waals surface area contributed by atoms with Crippen LogP contribution < -0.4 is 9.73 Å². The Kier molecular flexibility index (Phi) is 6.45. The minimum absolute atomic E-state index is 0.117. The summed E-state index contributed by atoms with van der Waals surface area (Å²) in [5, 5.41) is 0.555. The second-order valence-electron chi connectivity index (χ2n) is 6.33. The first kappa shape index (κ1) is 19.4. The van der Waals surface area contributed by atoms with Gasteiger partial charge < -0.3 is 13.5 Å². The molecule has 0 aliphatic rings. The van der Waals surface area contributed by atoms with Gasteiger partial charge in [-0.3, -0.25) is 4.57 Å². The van der Waals surface area contributed by atoms with Crippen LogP contribution in [0.15, 0.2) is 6.07 Å². The van der Waals surface area contributed by atoms with Crippen LogP contribution in [-0.2, 0) is 19.0 Å². The monoisotopic (exact) mass is 344 g/mol. The molecule has 126 valence electrons. The third-order valence-electron chi connectivity index (χ3n) is 3.63. The van der Waals surface area contributed by atoms with Crippen LogP contribution in [-0.4, -0.2) is 23.7 Å². The van der Waals surface area contributed by atoms with E-state index in [-0.39, 0.29) is 5.41 Å². The highest BCUT2D eigenvalue weighted by molar-refractivity contribution is 7.62. The van der Waals surface area contributed by atoms with Gasteiger partial charge in [0.2, 0.25) is 10.5 Å². The fourth-order valence-corrected chi connectivity index (χ4v) is 5.14. The maximum atomic E-state index is 13.2. The molecule has 6 heteroatoms. The SMILES string of the molecule is CCOP(=O)(OCC)c1cc(C)c(C)c(C(C)(C)C)c1O[SiH3]. The molecule has 0 spiro atoms. The fourth-order valence-electron chi connectivity index (χ4n) is 2.70. The third-order valence-corrected chi connectivity index (χ3v) is 6.15. The van der Waals surface area contributed by atoms with Crippen LogP contribution in [0.2, 0.25) is 0 Å². The first-order valence-electron chi connectivity index (χ1n) is 7.70. The molecule has 0 aromatic heterocycles. The highest BCUT2D eigenvalue weighted by Crippen LogP contribution is 2.51. The molecular weight excluding hydrogens is 315 g/mol. The summed E-state index contributed by atoms with van der Waals surface area (Å²) in [7, 11) is -2.86. The Hall–Kier alpha value is -0.613. The summed E-state index contributed by atoms with van der Waals surface area (Å²) >= 11 is 0. The Morgan fingerprint density at radius 2 is 1.64 bits per heavy atom. The van der Waals surface area contributed by atoms with E-state index in [1.165, 1.54) is 5.56 Å². The lowest BCUT2D eigenvalue weighted by Crippen LogP contribution is -2.23. The van der Waals surface area contributed by atoms with E-state index in [0.717, 1.165) is 11.1 Å². The number of benzene rings is 1. The normalized spacial score (nSPS) is 12.7. The van der Waals surface area contributed by atoms with E-state index in [2.05, 4.69) is 27.7 Å². The molecule has 1 rings (SSSR count). The van der Waals surface area contributed by atoms with Gasteiger partial charge in [0.25, 0.3) is 0 Å². The molecule has 0 saturated heterocycles. The van der Waals surface area contributed by atoms with Gasteiger partial charge in [-0.05, 0) is 50.3 Å². The number of hydrogen-bond acceptors (Lipinski definition) is 4. The molecule has 4 nitrogen and oxygen atoms in total. The van der Waals surface area contributed by atoms with Crippen molar-refractivity contribution in [3.05, 3.63) is 22.8 Å². The molecule has 0 saturated carbocycles. The summed E-state index contributed by atoms with van der Waals surface area (Å²) in [5.74, 6) is 0.674. The van der Waals surface area contributed by atoms with Crippen molar-refractivity contribution < 1.29 is 18.0 Å². The average Bonchev–Trinajstić information content (AvgIpc) is 2.40. The Bertz CT molecular complexity index is 568. The Morgan fingerprint density at radius 3 is 2.00 bits per heavy atom. The summed E-state index contributed by atoms with van der Waals surface area (Å²) in [6, 6.07) is 1.89. The summed E-state index contributed by atoms with van der Waals surface area (Å²) in [6.07, 6.45) is 0. The van der Waals surface area contributed by atoms with E-state index >= 15 is 0 Å². The Morgan fingerprint density at radius 1 is 1.14 bits per heavy atom. The average molecular weight is 344 g/mol. The quantitative estimate of drug-likeness (QED) is 0.587. The highest BCUT2D eigenvalue weighted by atomic mass is 31.2. The molecule has 0 radical (unpaired) electrons. The first-order chi connectivity index (χ1) is 10.1. The molecule has 0 N–H and O–H groups in total. The van der Waals surface area contributed by atoms with E-state index < -0.39 is 7.60 Å². The highest BCUT2D eigenvalue weighted by Gasteiger charge is 2.35. The lowest BCUT2D eigenvalue weighted by molar-refractivity contribution is 0.229. The topological polar surface area (TPSA) is 44.8 Å². The van der Waals surface area contributed by atoms with Crippen LogP contribution in [0, 0.1) is 13.8 Å². The van der Waals surface area contributed by atoms with Crippen molar-refractivity contribution in [2.75, 3.05) is 13.2 Å². The second-order valence-corrected chi connectivity index (χ2v) is 8.73. The predicted molar refractivity (Wildman–Crippen MR) is 95.7 cm³/mol. The maximum Gasteiger partial charge on any atom is 0.365 e. The van der Waals surface area contributed by atoms with Gasteiger partial charge >= 0.3 is 7.60 Å². The first-order valence-corrected chi connectivity index (χ1v) is 10.1. The van der Waals surface area contributed by atoms with Gasteiger partial charge in [0, 0.05) is 5.56 Å². The van der Waals surface area contributed by atoms with E-state index in [0.29, 0.717) is 34.8 Å². The van der Waals surface area contributed by atoms with Crippen LogP contribution in [0.1, 0.15) is 51.3 Å². The molecule has 0 atom stereocenters. The smallest absolute Gasteiger partial charge is 0.365 e. The Labute approximate surface area is 137 Å². The minimum atomic E-state index is -3.37. The maximum absolute atomic E-state index is 13.2. The van der Waals surface area contributed by atoms with Crippen LogP contribution in [0.4, 0.5) is 0 Å². The van der Waals surface area contributed by atoms with Gasteiger partial charge in [-0.2, -0.15) is 0 Å². The van der Waals surface area contributed by atoms with Gasteiger partial charge in [0.05, 0.1) is 13.2 Å². The van der Waals surface area contributed by atoms with Gasteiger partial charge in [-0.25, -0.2) is 0 Å². The van der Waals surface area contributed by atoms with E-state index in [4.69, 9.17) is 13.5 Å². The zero-order valence-corrected chi connectivity index (χ0v) is 18.0. The van der Waals surface area contributed by atoms with Crippen molar-refractivity contribution in [3.63, 3.8) is 0 Å². The van der Waals surface area contributed by atoms with Crippen molar-refractivity contribution in [2.24, 2.45) is 0 Å². The molecule has 0 aliphatic carbocycles. The van der Waals surface area contributed by atoms with E-state index in [9.17, 15) is 4.57 Å². The van der Waals surface area contributed by atoms with Gasteiger partial charge in [0.1, 0.15) is 11.1 Å². The van der Waals surface area contributed by atoms with Crippen LogP contribution in [0.5, 0.6) is 5.75 Å². The summed E-state index contributed by atoms with van der Waals surface area (Å²) < 4.78 is 30.1. The third kappa shape index (κ3) is 3.83. The summed E-state index contributed by atoms with van der Waals surface area (Å²) in [6.45, 7) is 14.8. The lowest BCUT2D eigenvalue weighted by Gasteiger charge is -2.29. The van der Waals surface area contributed by atoms with Crippen molar-refractivity contribution in [2.45, 2.75) is 53.9 Å². The standard InChI is InChI=1S/C16H29O4PSi/c1-8-18-21(17,19-9-2)13-10-11(3)12(4)14(15(13)20-22)16(5,6)7/h10H,8-9H2,1-7,22H3. The zero-order chi connectivity index (χ0) is 17.1. The molecule has 0 heterocycles. The second kappa shape index (κ2) is 7.31. The van der Waals surface area contributed by atoms with E-state index in [1.54, 1.807) is 0 Å². The number of hydrogen-bond donors (Lipinski definition) is 0. The van der Waals surface area contributed by atoms with Crippen molar-refractivity contribution >= 4 is 23.4 Å². The number of rotatable bonds is 6. The molecule has 22 heavy (non-hydrogen) atoms. The molecular formula is C16H29O4PSi. The predicted octanol–water partition coefficient (Wildman–Crippen LogP) is 3.15. The fraction of sp³-hybridized carbons (Fsp3) is 0.625. The largest absolute Gasteiger partial charge is 0.552 e. The van der Waals surface area contributed by atoms with Gasteiger partial charge in [0.15, 0.2) is 0 Å². The van der Waals surface area contributed by atoms with E-state index in [1.807, 2.05) is 26.8 Å². The molecule has 0 aliphatic heterocycles. The molecule has 0 amide bonds. The van der Waals surface area contributed by atoms with Crippen molar-refractivity contribution in [1.82, 2.24) is 0 Å². The Balaban J connectivity index is 3.75. The number of aryl methyl sites for hydroxylation is 1. The van der Waals surface area contributed by atoms with Crippen LogP contribution in [0.25, 0.3) is 0 Å². The van der Waals surface area contributed by atoms with Gasteiger partial charge in [-0.1, -0.05) is 20.8 Å².